The molecule has 3 rings (SSSR count). The van der Waals surface area contributed by atoms with E-state index in [0.717, 1.165) is 22.5 Å². The Morgan fingerprint density at radius 3 is 2.63 bits per heavy atom. The lowest BCUT2D eigenvalue weighted by Gasteiger charge is -2.03. The number of nitrogens with zero attached hydrogens (tertiary/aromatic N) is 3. The number of imidazole rings is 1. The average Bonchev–Trinajstić information content (AvgIpc) is 2.90. The van der Waals surface area contributed by atoms with Crippen molar-refractivity contribution in [1.29, 1.82) is 5.26 Å². The molecule has 0 spiro atoms. The first kappa shape index (κ1) is 11.5. The van der Waals surface area contributed by atoms with Crippen molar-refractivity contribution in [3.63, 3.8) is 0 Å². The van der Waals surface area contributed by atoms with Gasteiger partial charge >= 0.3 is 0 Å². The standard InChI is InChI=1S/C16H13N3/c1-12(10-17)13-5-7-14(8-6-13)15-11-19-9-3-2-4-16(19)18-15/h2-9,11-12H,1H3. The number of fused-ring (bicyclic) bond motifs is 1. The number of pyridine rings is 1. The van der Waals surface area contributed by atoms with E-state index < -0.39 is 0 Å². The molecular formula is C16H13N3. The van der Waals surface area contributed by atoms with Crippen LogP contribution < -0.4 is 0 Å². The molecule has 0 saturated carbocycles. The minimum absolute atomic E-state index is 0.0740. The Morgan fingerprint density at radius 2 is 1.95 bits per heavy atom. The van der Waals surface area contributed by atoms with Gasteiger partial charge in [-0.1, -0.05) is 30.3 Å². The first-order valence-electron chi connectivity index (χ1n) is 6.21. The van der Waals surface area contributed by atoms with Gasteiger partial charge < -0.3 is 4.40 Å². The Hall–Kier alpha value is -2.60. The van der Waals surface area contributed by atoms with Crippen LogP contribution in [0.3, 0.4) is 0 Å². The maximum absolute atomic E-state index is 8.90. The van der Waals surface area contributed by atoms with Crippen molar-refractivity contribution < 1.29 is 0 Å². The van der Waals surface area contributed by atoms with Crippen molar-refractivity contribution in [2.24, 2.45) is 0 Å². The average molecular weight is 247 g/mol. The summed E-state index contributed by atoms with van der Waals surface area (Å²) in [6, 6.07) is 16.2. The highest BCUT2D eigenvalue weighted by Gasteiger charge is 2.06. The van der Waals surface area contributed by atoms with E-state index in [1.54, 1.807) is 0 Å². The zero-order valence-electron chi connectivity index (χ0n) is 10.6. The monoisotopic (exact) mass is 247 g/mol. The Kier molecular flexibility index (Phi) is 2.77. The molecule has 19 heavy (non-hydrogen) atoms. The zero-order valence-corrected chi connectivity index (χ0v) is 10.6. The molecule has 0 saturated heterocycles. The molecule has 0 amide bonds. The van der Waals surface area contributed by atoms with Crippen LogP contribution in [0.25, 0.3) is 16.9 Å². The van der Waals surface area contributed by atoms with E-state index in [4.69, 9.17) is 5.26 Å². The molecule has 92 valence electrons. The molecule has 1 aromatic carbocycles. The topological polar surface area (TPSA) is 41.1 Å². The number of aromatic nitrogens is 2. The minimum atomic E-state index is -0.0740. The summed E-state index contributed by atoms with van der Waals surface area (Å²) in [7, 11) is 0. The van der Waals surface area contributed by atoms with Gasteiger partial charge in [-0.05, 0) is 24.6 Å². The van der Waals surface area contributed by atoms with Crippen LogP contribution in [0.15, 0.2) is 54.9 Å². The van der Waals surface area contributed by atoms with Gasteiger partial charge in [-0.25, -0.2) is 4.98 Å². The molecule has 0 aliphatic carbocycles. The largest absolute Gasteiger partial charge is 0.306 e. The number of benzene rings is 1. The third-order valence-corrected chi connectivity index (χ3v) is 3.26. The van der Waals surface area contributed by atoms with Gasteiger partial charge in [-0.2, -0.15) is 5.26 Å². The lowest BCUT2D eigenvalue weighted by atomic mass is 10.0. The number of nitriles is 1. The molecule has 0 aliphatic rings. The Morgan fingerprint density at radius 1 is 1.16 bits per heavy atom. The second kappa shape index (κ2) is 4.58. The van der Waals surface area contributed by atoms with Crippen LogP contribution in [0.4, 0.5) is 0 Å². The van der Waals surface area contributed by atoms with E-state index in [1.165, 1.54) is 0 Å². The molecule has 1 atom stereocenters. The van der Waals surface area contributed by atoms with Gasteiger partial charge in [0.25, 0.3) is 0 Å². The lowest BCUT2D eigenvalue weighted by Crippen LogP contribution is -1.88. The molecule has 1 unspecified atom stereocenters. The van der Waals surface area contributed by atoms with Gasteiger partial charge in [0.1, 0.15) is 5.65 Å². The van der Waals surface area contributed by atoms with Crippen molar-refractivity contribution in [3.8, 4) is 17.3 Å². The number of hydrogen-bond donors (Lipinski definition) is 0. The van der Waals surface area contributed by atoms with Crippen LogP contribution >= 0.6 is 0 Å². The van der Waals surface area contributed by atoms with Gasteiger partial charge in [0.15, 0.2) is 0 Å². The Labute approximate surface area is 111 Å². The third kappa shape index (κ3) is 2.09. The summed E-state index contributed by atoms with van der Waals surface area (Å²) in [4.78, 5) is 4.58. The molecule has 2 heterocycles. The number of hydrogen-bond acceptors (Lipinski definition) is 2. The van der Waals surface area contributed by atoms with Crippen LogP contribution in [0.2, 0.25) is 0 Å². The first-order chi connectivity index (χ1) is 9.28. The van der Waals surface area contributed by atoms with Crippen LogP contribution in [-0.2, 0) is 0 Å². The summed E-state index contributed by atoms with van der Waals surface area (Å²) < 4.78 is 2.00. The molecular weight excluding hydrogens is 234 g/mol. The second-order valence-corrected chi connectivity index (χ2v) is 4.57. The maximum atomic E-state index is 8.90. The Bertz CT molecular complexity index is 715. The highest BCUT2D eigenvalue weighted by molar-refractivity contribution is 5.63. The van der Waals surface area contributed by atoms with E-state index in [9.17, 15) is 0 Å². The molecule has 0 radical (unpaired) electrons. The fraction of sp³-hybridized carbons (Fsp3) is 0.125. The van der Waals surface area contributed by atoms with Crippen LogP contribution in [0, 0.1) is 11.3 Å². The van der Waals surface area contributed by atoms with Gasteiger partial charge in [-0.15, -0.1) is 0 Å². The zero-order chi connectivity index (χ0) is 13.2. The quantitative estimate of drug-likeness (QED) is 0.693. The molecule has 3 nitrogen and oxygen atoms in total. The normalized spacial score (nSPS) is 12.2. The molecule has 0 N–H and O–H groups in total. The van der Waals surface area contributed by atoms with E-state index in [2.05, 4.69) is 11.1 Å². The Balaban J connectivity index is 2.00. The van der Waals surface area contributed by atoms with Gasteiger partial charge in [0.05, 0.1) is 17.7 Å². The van der Waals surface area contributed by atoms with E-state index in [0.29, 0.717) is 0 Å². The first-order valence-corrected chi connectivity index (χ1v) is 6.21. The fourth-order valence-electron chi connectivity index (χ4n) is 2.09. The van der Waals surface area contributed by atoms with Crippen LogP contribution in [0.1, 0.15) is 18.4 Å². The maximum Gasteiger partial charge on any atom is 0.137 e. The predicted molar refractivity (Wildman–Crippen MR) is 74.7 cm³/mol. The van der Waals surface area contributed by atoms with Gasteiger partial charge in [0.2, 0.25) is 0 Å². The SMILES string of the molecule is CC(C#N)c1ccc(-c2cn3ccccc3n2)cc1. The summed E-state index contributed by atoms with van der Waals surface area (Å²) in [6.07, 6.45) is 4.00. The molecule has 0 fully saturated rings. The summed E-state index contributed by atoms with van der Waals surface area (Å²) in [5, 5.41) is 8.90. The molecule has 3 heteroatoms. The summed E-state index contributed by atoms with van der Waals surface area (Å²) >= 11 is 0. The highest BCUT2D eigenvalue weighted by atomic mass is 15.0. The van der Waals surface area contributed by atoms with Crippen molar-refractivity contribution in [2.75, 3.05) is 0 Å². The third-order valence-electron chi connectivity index (χ3n) is 3.26. The lowest BCUT2D eigenvalue weighted by molar-refractivity contribution is 0.982. The molecule has 0 bridgehead atoms. The second-order valence-electron chi connectivity index (χ2n) is 4.57. The summed E-state index contributed by atoms with van der Waals surface area (Å²) in [5.74, 6) is -0.0740. The van der Waals surface area contributed by atoms with E-state index in [-0.39, 0.29) is 5.92 Å². The number of rotatable bonds is 2. The van der Waals surface area contributed by atoms with Crippen LogP contribution in [-0.4, -0.2) is 9.38 Å². The predicted octanol–water partition coefficient (Wildman–Crippen LogP) is 3.63. The van der Waals surface area contributed by atoms with Crippen molar-refractivity contribution in [2.45, 2.75) is 12.8 Å². The smallest absolute Gasteiger partial charge is 0.137 e. The summed E-state index contributed by atoms with van der Waals surface area (Å²) in [5.41, 5.74) is 3.99. The van der Waals surface area contributed by atoms with Crippen molar-refractivity contribution in [1.82, 2.24) is 9.38 Å². The molecule has 0 aliphatic heterocycles. The summed E-state index contributed by atoms with van der Waals surface area (Å²) in [6.45, 7) is 1.90. The van der Waals surface area contributed by atoms with Gasteiger partial charge in [0, 0.05) is 18.0 Å². The molecule has 2 aromatic heterocycles. The highest BCUT2D eigenvalue weighted by Crippen LogP contribution is 2.22. The van der Waals surface area contributed by atoms with Gasteiger partial charge in [-0.3, -0.25) is 0 Å². The minimum Gasteiger partial charge on any atom is -0.306 e. The van der Waals surface area contributed by atoms with Crippen LogP contribution in [0.5, 0.6) is 0 Å². The fourth-order valence-corrected chi connectivity index (χ4v) is 2.09. The van der Waals surface area contributed by atoms with E-state index in [1.807, 2.05) is 66.2 Å². The van der Waals surface area contributed by atoms with Crippen molar-refractivity contribution in [3.05, 3.63) is 60.4 Å². The van der Waals surface area contributed by atoms with Crippen molar-refractivity contribution >= 4 is 5.65 Å². The molecule has 3 aromatic rings. The van der Waals surface area contributed by atoms with E-state index >= 15 is 0 Å².